The number of nitrogens with zero attached hydrogens (tertiary/aromatic N) is 2. The second kappa shape index (κ2) is 11.5. The van der Waals surface area contributed by atoms with Crippen LogP contribution in [0.2, 0.25) is 0 Å². The number of rotatable bonds is 8. The molecule has 2 atom stereocenters. The van der Waals surface area contributed by atoms with Crippen molar-refractivity contribution in [3.8, 4) is 5.75 Å². The number of hydrogen-bond donors (Lipinski definition) is 2. The number of ether oxygens (including phenoxy) is 2. The van der Waals surface area contributed by atoms with Gasteiger partial charge in [0.2, 0.25) is 10.0 Å². The first-order chi connectivity index (χ1) is 14.8. The molecule has 2 heterocycles. The smallest absolute Gasteiger partial charge is 0.323 e. The number of carbonyl (C=O) groups excluding carboxylic acids is 1. The molecular weight excluding hydrogens is 459 g/mol. The van der Waals surface area contributed by atoms with E-state index in [0.717, 1.165) is 6.07 Å². The Kier molecular flexibility index (Phi) is 9.25. The topological polar surface area (TPSA) is 110 Å². The molecule has 0 spiro atoms. The molecule has 9 nitrogen and oxygen atoms in total. The van der Waals surface area contributed by atoms with Gasteiger partial charge in [0, 0.05) is 37.5 Å². The third kappa shape index (κ3) is 6.79. The molecule has 1 aromatic carbocycles. The lowest BCUT2D eigenvalue weighted by molar-refractivity contribution is 0.147. The summed E-state index contributed by atoms with van der Waals surface area (Å²) >= 11 is 0. The number of amides is 2. The lowest BCUT2D eigenvalue weighted by atomic mass is 10.2. The zero-order chi connectivity index (χ0) is 22.4. The Morgan fingerprint density at radius 3 is 2.69 bits per heavy atom. The molecule has 2 N–H and O–H groups in total. The highest BCUT2D eigenvalue weighted by Gasteiger charge is 2.39. The van der Waals surface area contributed by atoms with E-state index in [1.54, 1.807) is 25.3 Å². The molecule has 3 rings (SSSR count). The van der Waals surface area contributed by atoms with E-state index in [4.69, 9.17) is 9.47 Å². The van der Waals surface area contributed by atoms with Gasteiger partial charge in [-0.25, -0.2) is 17.6 Å². The van der Waals surface area contributed by atoms with Crippen molar-refractivity contribution in [3.63, 3.8) is 0 Å². The summed E-state index contributed by atoms with van der Waals surface area (Å²) in [6, 6.07) is 6.25. The molecule has 2 aromatic rings. The molecule has 2 amide bonds. The minimum atomic E-state index is -3.43. The van der Waals surface area contributed by atoms with E-state index in [2.05, 4.69) is 15.6 Å². The van der Waals surface area contributed by atoms with Crippen LogP contribution in [0.3, 0.4) is 0 Å². The van der Waals surface area contributed by atoms with Crippen LogP contribution in [0, 0.1) is 5.82 Å². The van der Waals surface area contributed by atoms with Crippen LogP contribution in [0.5, 0.6) is 5.75 Å². The highest BCUT2D eigenvalue weighted by molar-refractivity contribution is 7.89. The minimum absolute atomic E-state index is 0. The maximum atomic E-state index is 14.1. The summed E-state index contributed by atoms with van der Waals surface area (Å²) in [7, 11) is -1.92. The zero-order valence-electron chi connectivity index (χ0n) is 17.7. The molecule has 0 aliphatic carbocycles. The van der Waals surface area contributed by atoms with Crippen molar-refractivity contribution in [3.05, 3.63) is 48.5 Å². The normalized spacial score (nSPS) is 18.6. The average Bonchev–Trinajstić information content (AvgIpc) is 3.11. The first kappa shape index (κ1) is 25.8. The Bertz CT molecular complexity index is 1010. The van der Waals surface area contributed by atoms with Crippen LogP contribution in [-0.2, 0) is 14.8 Å². The van der Waals surface area contributed by atoms with Crippen molar-refractivity contribution < 1.29 is 27.1 Å². The zero-order valence-corrected chi connectivity index (χ0v) is 19.6. The minimum Gasteiger partial charge on any atom is -0.489 e. The molecule has 0 radical (unpaired) electrons. The molecule has 0 saturated carbocycles. The Labute approximate surface area is 193 Å². The van der Waals surface area contributed by atoms with Crippen molar-refractivity contribution in [2.24, 2.45) is 0 Å². The highest BCUT2D eigenvalue weighted by atomic mass is 32.2. The molecule has 1 saturated heterocycles. The number of benzene rings is 1. The lowest BCUT2D eigenvalue weighted by Gasteiger charge is -2.22. The molecule has 1 aliphatic heterocycles. The van der Waals surface area contributed by atoms with Gasteiger partial charge in [-0.3, -0.25) is 4.98 Å². The van der Waals surface area contributed by atoms with Crippen molar-refractivity contribution in [2.45, 2.75) is 25.5 Å². The molecule has 176 valence electrons. The second-order valence-corrected chi connectivity index (χ2v) is 9.26. The Hall–Kier alpha value is -2.41. The number of urea groups is 1. The number of sulfonamides is 1. The maximum Gasteiger partial charge on any atom is 0.323 e. The number of nitrogens with one attached hydrogen (secondary N) is 2. The lowest BCUT2D eigenvalue weighted by Crippen LogP contribution is -2.39. The van der Waals surface area contributed by atoms with Gasteiger partial charge in [-0.05, 0) is 25.1 Å². The molecule has 1 aromatic heterocycles. The summed E-state index contributed by atoms with van der Waals surface area (Å²) in [5.41, 5.74) is 0.682. The summed E-state index contributed by atoms with van der Waals surface area (Å²) < 4.78 is 51.2. The first-order valence-corrected chi connectivity index (χ1v) is 11.4. The van der Waals surface area contributed by atoms with Crippen LogP contribution in [0.1, 0.15) is 13.3 Å². The molecular formula is C20H27FN4O5S2. The van der Waals surface area contributed by atoms with Gasteiger partial charge in [-0.1, -0.05) is 0 Å². The monoisotopic (exact) mass is 486 g/mol. The average molecular weight is 487 g/mol. The van der Waals surface area contributed by atoms with Crippen LogP contribution in [-0.4, -0.2) is 61.9 Å². The largest absolute Gasteiger partial charge is 0.489 e. The van der Waals surface area contributed by atoms with Gasteiger partial charge in [0.15, 0.2) is 0 Å². The molecule has 12 heteroatoms. The number of methoxy groups -OCH3 is 1. The summed E-state index contributed by atoms with van der Waals surface area (Å²) in [4.78, 5) is 16.1. The summed E-state index contributed by atoms with van der Waals surface area (Å²) in [6.45, 7) is 1.96. The van der Waals surface area contributed by atoms with E-state index in [0.29, 0.717) is 12.1 Å². The third-order valence-corrected chi connectivity index (χ3v) is 6.65. The third-order valence-electron chi connectivity index (χ3n) is 4.76. The van der Waals surface area contributed by atoms with Gasteiger partial charge in [0.05, 0.1) is 36.8 Å². The van der Waals surface area contributed by atoms with E-state index in [1.165, 1.54) is 29.7 Å². The highest BCUT2D eigenvalue weighted by Crippen LogP contribution is 2.28. The summed E-state index contributed by atoms with van der Waals surface area (Å²) in [5.74, 6) is -0.438. The number of halogens is 1. The first-order valence-electron chi connectivity index (χ1n) is 9.74. The molecule has 32 heavy (non-hydrogen) atoms. The Morgan fingerprint density at radius 1 is 1.28 bits per heavy atom. The molecule has 0 bridgehead atoms. The summed E-state index contributed by atoms with van der Waals surface area (Å²) in [5, 5.41) is 5.13. The van der Waals surface area contributed by atoms with E-state index >= 15 is 0 Å². The number of aromatic nitrogens is 1. The summed E-state index contributed by atoms with van der Waals surface area (Å²) in [6.07, 6.45) is 2.99. The molecule has 1 aliphatic rings. The van der Waals surface area contributed by atoms with Crippen molar-refractivity contribution in [1.82, 2.24) is 9.29 Å². The van der Waals surface area contributed by atoms with Crippen LogP contribution in [0.25, 0.3) is 0 Å². The predicted molar refractivity (Wildman–Crippen MR) is 125 cm³/mol. The predicted octanol–water partition coefficient (Wildman–Crippen LogP) is 2.80. The van der Waals surface area contributed by atoms with Gasteiger partial charge in [-0.2, -0.15) is 17.8 Å². The van der Waals surface area contributed by atoms with E-state index in [-0.39, 0.29) is 49.9 Å². The number of carbonyl (C=O) groups is 1. The van der Waals surface area contributed by atoms with Gasteiger partial charge in [0.1, 0.15) is 17.7 Å². The molecule has 1 fully saturated rings. The van der Waals surface area contributed by atoms with Crippen molar-refractivity contribution in [2.75, 3.05) is 36.6 Å². The maximum absolute atomic E-state index is 14.1. The Balaban J connectivity index is 0.00000363. The number of anilines is 2. The standard InChI is InChI=1S/C20H25FN4O5S.H2S/c1-3-31(27,28)25-12-19(10-17(25)13-29-2)30-18-8-14(21)7-16(9-18)24-20(26)23-15-5-4-6-22-11-15;/h4-9,11,17,19H,3,10,12-13H2,1-2H3,(H2,23,24,26);1H2/t17-,19+;/m0./s1. The van der Waals surface area contributed by atoms with Gasteiger partial charge in [-0.15, -0.1) is 0 Å². The van der Waals surface area contributed by atoms with Gasteiger partial charge < -0.3 is 20.1 Å². The van der Waals surface area contributed by atoms with Crippen LogP contribution >= 0.6 is 13.5 Å². The van der Waals surface area contributed by atoms with Gasteiger partial charge >= 0.3 is 6.03 Å². The second-order valence-electron chi connectivity index (χ2n) is 7.05. The van der Waals surface area contributed by atoms with Crippen LogP contribution in [0.4, 0.5) is 20.6 Å². The fourth-order valence-corrected chi connectivity index (χ4v) is 4.73. The fourth-order valence-electron chi connectivity index (χ4n) is 3.41. The number of pyridine rings is 1. The number of hydrogen-bond acceptors (Lipinski definition) is 6. The van der Waals surface area contributed by atoms with Crippen LogP contribution in [0.15, 0.2) is 42.7 Å². The van der Waals surface area contributed by atoms with E-state index < -0.39 is 28.0 Å². The van der Waals surface area contributed by atoms with Gasteiger partial charge in [0.25, 0.3) is 0 Å². The van der Waals surface area contributed by atoms with Crippen LogP contribution < -0.4 is 15.4 Å². The quantitative estimate of drug-likeness (QED) is 0.594. The fraction of sp³-hybridized carbons (Fsp3) is 0.400. The van der Waals surface area contributed by atoms with Crippen molar-refractivity contribution >= 4 is 40.9 Å². The SMILES string of the molecule is CCS(=O)(=O)N1C[C@H](Oc2cc(F)cc(NC(=O)Nc3cccnc3)c2)C[C@H]1COC.S. The Morgan fingerprint density at radius 2 is 2.03 bits per heavy atom. The van der Waals surface area contributed by atoms with E-state index in [9.17, 15) is 17.6 Å². The van der Waals surface area contributed by atoms with E-state index in [1.807, 2.05) is 0 Å². The molecule has 0 unspecified atom stereocenters. The van der Waals surface area contributed by atoms with Crippen molar-refractivity contribution in [1.29, 1.82) is 0 Å².